The quantitative estimate of drug-likeness (QED) is 0.349. The van der Waals surface area contributed by atoms with Crippen LogP contribution < -0.4 is 10.6 Å². The van der Waals surface area contributed by atoms with Gasteiger partial charge in [0.1, 0.15) is 35.9 Å². The van der Waals surface area contributed by atoms with Crippen LogP contribution in [0.5, 0.6) is 0 Å². The van der Waals surface area contributed by atoms with Crippen molar-refractivity contribution in [3.8, 4) is 0 Å². The molecule has 0 saturated carbocycles. The lowest BCUT2D eigenvalue weighted by molar-refractivity contribution is -0.205. The van der Waals surface area contributed by atoms with E-state index in [9.17, 15) is 20.1 Å². The Morgan fingerprint density at radius 2 is 1.91 bits per heavy atom. The second-order valence-corrected chi connectivity index (χ2v) is 11.3. The Balaban J connectivity index is 1.44. The third kappa shape index (κ3) is 5.72. The number of carbonyl (C=O) groups excluding carboxylic acids is 1. The summed E-state index contributed by atoms with van der Waals surface area (Å²) in [4.78, 5) is 13.4. The average molecular weight is 527 g/mol. The van der Waals surface area contributed by atoms with Gasteiger partial charge in [-0.25, -0.2) is 0 Å². The molecule has 194 valence electrons. The molecule has 35 heavy (non-hydrogen) atoms. The number of halogens is 1. The highest BCUT2D eigenvalue weighted by Gasteiger charge is 2.49. The fraction of sp³-hybridized carbons (Fsp3) is 0.640. The van der Waals surface area contributed by atoms with E-state index in [0.29, 0.717) is 13.2 Å². The molecule has 0 bridgehead atoms. The van der Waals surface area contributed by atoms with E-state index in [0.717, 1.165) is 12.0 Å². The van der Waals surface area contributed by atoms with Gasteiger partial charge in [0.2, 0.25) is 5.91 Å². The topological polar surface area (TPSA) is 120 Å². The number of allylic oxidation sites excluding steroid dienone is 1. The summed E-state index contributed by atoms with van der Waals surface area (Å²) >= 11 is 7.63. The molecular weight excluding hydrogens is 492 g/mol. The molecule has 2 saturated heterocycles. The van der Waals surface area contributed by atoms with Gasteiger partial charge in [-0.2, -0.15) is 0 Å². The van der Waals surface area contributed by atoms with Gasteiger partial charge in [0.25, 0.3) is 0 Å². The van der Waals surface area contributed by atoms with Gasteiger partial charge in [-0.1, -0.05) is 35.9 Å². The molecule has 5 N–H and O–H groups in total. The Hall–Kier alpha value is -1.17. The first-order valence-corrected chi connectivity index (χ1v) is 13.7. The Morgan fingerprint density at radius 1 is 1.20 bits per heavy atom. The zero-order valence-electron chi connectivity index (χ0n) is 20.1. The molecule has 1 aromatic rings. The van der Waals surface area contributed by atoms with Crippen molar-refractivity contribution in [1.82, 2.24) is 10.6 Å². The van der Waals surface area contributed by atoms with Gasteiger partial charge in [0.15, 0.2) is 0 Å². The fourth-order valence-electron chi connectivity index (χ4n) is 5.15. The van der Waals surface area contributed by atoms with Crippen LogP contribution in [-0.2, 0) is 14.3 Å². The van der Waals surface area contributed by atoms with Crippen LogP contribution in [0.3, 0.4) is 0 Å². The molecule has 0 aliphatic carbocycles. The molecular formula is C25H35ClN2O6S. The van der Waals surface area contributed by atoms with Crippen molar-refractivity contribution in [3.05, 3.63) is 41.5 Å². The highest BCUT2D eigenvalue weighted by molar-refractivity contribution is 7.99. The summed E-state index contributed by atoms with van der Waals surface area (Å²) in [6.07, 6.45) is -0.741. The summed E-state index contributed by atoms with van der Waals surface area (Å²) in [5.41, 5.74) is 2.83. The lowest BCUT2D eigenvalue weighted by atomic mass is 9.90. The van der Waals surface area contributed by atoms with E-state index in [2.05, 4.69) is 47.9 Å². The molecule has 2 unspecified atom stereocenters. The minimum Gasteiger partial charge on any atom is -0.388 e. The number of benzene rings is 1. The van der Waals surface area contributed by atoms with Gasteiger partial charge in [-0.15, -0.1) is 23.4 Å². The zero-order chi connectivity index (χ0) is 25.3. The summed E-state index contributed by atoms with van der Waals surface area (Å²) in [7, 11) is 0. The maximum absolute atomic E-state index is 13.4. The van der Waals surface area contributed by atoms with Gasteiger partial charge < -0.3 is 35.4 Å². The summed E-state index contributed by atoms with van der Waals surface area (Å²) in [6, 6.07) is 7.04. The van der Waals surface area contributed by atoms with E-state index in [1.807, 2.05) is 0 Å². The first-order valence-electron chi connectivity index (χ1n) is 12.0. The Bertz CT molecular complexity index is 914. The predicted octanol–water partition coefficient (Wildman–Crippen LogP) is 1.04. The number of fused-ring (bicyclic) bond motifs is 1. The molecule has 1 amide bonds. The van der Waals surface area contributed by atoms with Gasteiger partial charge in [0, 0.05) is 12.5 Å². The lowest BCUT2D eigenvalue weighted by Crippen LogP contribution is -2.65. The number of amides is 1. The monoisotopic (exact) mass is 526 g/mol. The van der Waals surface area contributed by atoms with Crippen LogP contribution in [0, 0.1) is 12.8 Å². The molecule has 10 heteroatoms. The number of aliphatic hydroxyl groups is 3. The summed E-state index contributed by atoms with van der Waals surface area (Å²) in [5.74, 6) is -0.173. The van der Waals surface area contributed by atoms with Crippen molar-refractivity contribution < 1.29 is 29.6 Å². The van der Waals surface area contributed by atoms with Gasteiger partial charge in [0.05, 0.1) is 24.1 Å². The van der Waals surface area contributed by atoms with Crippen molar-refractivity contribution in [3.63, 3.8) is 0 Å². The highest BCUT2D eigenvalue weighted by atomic mass is 35.5. The number of nitrogens with one attached hydrogen (secondary N) is 2. The Morgan fingerprint density at radius 3 is 2.57 bits per heavy atom. The van der Waals surface area contributed by atoms with Crippen molar-refractivity contribution >= 4 is 34.8 Å². The van der Waals surface area contributed by atoms with E-state index in [4.69, 9.17) is 21.1 Å². The van der Waals surface area contributed by atoms with Crippen LogP contribution in [0.4, 0.5) is 0 Å². The number of thioether (sulfide) groups is 1. The first kappa shape index (κ1) is 26.9. The van der Waals surface area contributed by atoms with E-state index < -0.39 is 47.3 Å². The number of aryl methyl sites for hydroxylation is 1. The third-order valence-electron chi connectivity index (χ3n) is 7.19. The van der Waals surface area contributed by atoms with Crippen LogP contribution in [0.2, 0.25) is 0 Å². The maximum atomic E-state index is 13.4. The number of carbonyl (C=O) groups is 1. The molecule has 0 radical (unpaired) electrons. The Kier molecular flexibility index (Phi) is 8.82. The van der Waals surface area contributed by atoms with E-state index in [1.54, 1.807) is 13.2 Å². The number of aliphatic hydroxyl groups excluding tert-OH is 3. The SMILES string of the molecule is CSC1O[C@H]([C@H](NC(=O)[C@H]2NC[C@@H]3CC(c4ccc(C)cc4)=CCO[C@H]32)[C@H](C)Cl)C(O)[C@@H](O)[C@H]1O. The van der Waals surface area contributed by atoms with Crippen LogP contribution in [0.1, 0.15) is 24.5 Å². The molecule has 0 aromatic heterocycles. The minimum absolute atomic E-state index is 0.127. The van der Waals surface area contributed by atoms with Crippen LogP contribution in [0.15, 0.2) is 30.3 Å². The molecule has 10 atom stereocenters. The lowest BCUT2D eigenvalue weighted by Gasteiger charge is -2.44. The van der Waals surface area contributed by atoms with Gasteiger partial charge >= 0.3 is 0 Å². The molecule has 0 spiro atoms. The number of hydrogen-bond acceptors (Lipinski definition) is 8. The largest absolute Gasteiger partial charge is 0.388 e. The maximum Gasteiger partial charge on any atom is 0.240 e. The summed E-state index contributed by atoms with van der Waals surface area (Å²) < 4.78 is 12.0. The van der Waals surface area contributed by atoms with Gasteiger partial charge in [-0.3, -0.25) is 4.79 Å². The normalized spacial score (nSPS) is 37.1. The third-order valence-corrected chi connectivity index (χ3v) is 8.32. The predicted molar refractivity (Wildman–Crippen MR) is 136 cm³/mol. The van der Waals surface area contributed by atoms with Crippen LogP contribution in [0.25, 0.3) is 5.57 Å². The molecule has 4 rings (SSSR count). The standard InChI is InChI=1S/C25H35ClN2O6S/c1-12-4-6-14(7-5-12)15-8-9-33-22-16(10-15)11-27-18(22)24(32)28-17(13(2)26)23-20(30)19(29)21(31)25(34-23)35-3/h4-8,13,16-23,25,27,29-31H,9-11H2,1-3H3,(H,28,32)/t13-,16-,17+,18-,19+,20?,21+,22+,23+,25?/m0/s1. The Labute approximate surface area is 215 Å². The van der Waals surface area contributed by atoms with E-state index >= 15 is 0 Å². The summed E-state index contributed by atoms with van der Waals surface area (Å²) in [6.45, 7) is 4.80. The number of alkyl halides is 1. The average Bonchev–Trinajstić information content (AvgIpc) is 3.12. The second kappa shape index (κ2) is 11.5. The molecule has 3 heterocycles. The van der Waals surface area contributed by atoms with Crippen molar-refractivity contribution in [2.24, 2.45) is 5.92 Å². The molecule has 1 aromatic carbocycles. The minimum atomic E-state index is -1.41. The number of rotatable bonds is 6. The highest BCUT2D eigenvalue weighted by Crippen LogP contribution is 2.34. The first-order chi connectivity index (χ1) is 16.7. The number of hydrogen-bond donors (Lipinski definition) is 5. The van der Waals surface area contributed by atoms with Crippen molar-refractivity contribution in [1.29, 1.82) is 0 Å². The smallest absolute Gasteiger partial charge is 0.240 e. The van der Waals surface area contributed by atoms with Crippen molar-refractivity contribution in [2.75, 3.05) is 19.4 Å². The molecule has 8 nitrogen and oxygen atoms in total. The van der Waals surface area contributed by atoms with Crippen molar-refractivity contribution in [2.45, 2.75) is 73.7 Å². The fourth-order valence-corrected chi connectivity index (χ4v) is 6.04. The van der Waals surface area contributed by atoms with Crippen LogP contribution in [-0.4, -0.2) is 94.1 Å². The summed E-state index contributed by atoms with van der Waals surface area (Å²) in [5, 5.41) is 36.7. The second-order valence-electron chi connectivity index (χ2n) is 9.63. The molecule has 3 aliphatic heterocycles. The van der Waals surface area contributed by atoms with Gasteiger partial charge in [-0.05, 0) is 37.7 Å². The van der Waals surface area contributed by atoms with Crippen LogP contribution >= 0.6 is 23.4 Å². The van der Waals surface area contributed by atoms with E-state index in [1.165, 1.54) is 22.9 Å². The van der Waals surface area contributed by atoms with E-state index in [-0.39, 0.29) is 17.9 Å². The number of ether oxygens (including phenoxy) is 2. The molecule has 3 aliphatic rings. The molecule has 2 fully saturated rings. The zero-order valence-corrected chi connectivity index (χ0v) is 21.7.